The van der Waals surface area contributed by atoms with Crippen LogP contribution in [0.25, 0.3) is 11.0 Å². The van der Waals surface area contributed by atoms with Crippen molar-refractivity contribution in [3.63, 3.8) is 0 Å². The minimum atomic E-state index is -0.583. The third kappa shape index (κ3) is 4.27. The highest BCUT2D eigenvalue weighted by atomic mass is 16.7. The Labute approximate surface area is 162 Å². The van der Waals surface area contributed by atoms with Gasteiger partial charge >= 0.3 is 0 Å². The van der Waals surface area contributed by atoms with Crippen LogP contribution < -0.4 is 10.9 Å². The van der Waals surface area contributed by atoms with Gasteiger partial charge in [0, 0.05) is 25.8 Å². The van der Waals surface area contributed by atoms with Gasteiger partial charge in [0.05, 0.1) is 13.1 Å². The summed E-state index contributed by atoms with van der Waals surface area (Å²) in [4.78, 5) is 30.1. The molecule has 3 rings (SSSR count). The van der Waals surface area contributed by atoms with Crippen molar-refractivity contribution in [2.24, 2.45) is 0 Å². The zero-order chi connectivity index (χ0) is 20.1. The minimum absolute atomic E-state index is 0.0542. The van der Waals surface area contributed by atoms with Crippen molar-refractivity contribution in [2.45, 2.75) is 19.8 Å². The number of carbonyl (C=O) groups is 1. The molecule has 0 spiro atoms. The van der Waals surface area contributed by atoms with Crippen LogP contribution in [0.1, 0.15) is 21.5 Å². The standard InChI is InChI=1S/C21H23N3O4/c1-14-6-8-15(9-7-14)13-24-19-16(5-4-10-22-19)11-17(21(24)26)20(25)23-12-18(27-2)28-3/h4-11,18H,12-13H2,1-3H3,(H,23,25). The summed E-state index contributed by atoms with van der Waals surface area (Å²) in [5, 5.41) is 3.40. The van der Waals surface area contributed by atoms with Crippen molar-refractivity contribution < 1.29 is 14.3 Å². The van der Waals surface area contributed by atoms with Crippen LogP contribution in [0.15, 0.2) is 53.5 Å². The number of carbonyl (C=O) groups excluding carboxylic acids is 1. The van der Waals surface area contributed by atoms with Gasteiger partial charge < -0.3 is 14.8 Å². The molecule has 3 aromatic rings. The minimum Gasteiger partial charge on any atom is -0.354 e. The van der Waals surface area contributed by atoms with Crippen molar-refractivity contribution in [3.8, 4) is 0 Å². The van der Waals surface area contributed by atoms with E-state index in [4.69, 9.17) is 9.47 Å². The number of amides is 1. The summed E-state index contributed by atoms with van der Waals surface area (Å²) in [5.41, 5.74) is 2.29. The van der Waals surface area contributed by atoms with Crippen LogP contribution in [-0.4, -0.2) is 42.5 Å². The number of aromatic nitrogens is 2. The van der Waals surface area contributed by atoms with Gasteiger partial charge in [-0.05, 0) is 30.7 Å². The number of hydrogen-bond acceptors (Lipinski definition) is 5. The van der Waals surface area contributed by atoms with Gasteiger partial charge in [-0.25, -0.2) is 4.98 Å². The lowest BCUT2D eigenvalue weighted by Gasteiger charge is -2.15. The SMILES string of the molecule is COC(CNC(=O)c1cc2cccnc2n(Cc2ccc(C)cc2)c1=O)OC. The van der Waals surface area contributed by atoms with Gasteiger partial charge in [-0.2, -0.15) is 0 Å². The molecule has 0 aliphatic rings. The molecule has 7 heteroatoms. The molecule has 0 atom stereocenters. The molecule has 1 aromatic carbocycles. The van der Waals surface area contributed by atoms with Gasteiger partial charge in [0.1, 0.15) is 11.2 Å². The largest absolute Gasteiger partial charge is 0.354 e. The Kier molecular flexibility index (Phi) is 6.18. The van der Waals surface area contributed by atoms with Crippen molar-refractivity contribution in [1.82, 2.24) is 14.9 Å². The average Bonchev–Trinajstić information content (AvgIpc) is 2.72. The van der Waals surface area contributed by atoms with Gasteiger partial charge in [-0.3, -0.25) is 14.2 Å². The van der Waals surface area contributed by atoms with Crippen LogP contribution in [0.5, 0.6) is 0 Å². The van der Waals surface area contributed by atoms with E-state index in [0.717, 1.165) is 16.5 Å². The third-order valence-electron chi connectivity index (χ3n) is 4.51. The van der Waals surface area contributed by atoms with Gasteiger partial charge in [0.2, 0.25) is 0 Å². The number of hydrogen-bond donors (Lipinski definition) is 1. The van der Waals surface area contributed by atoms with Crippen LogP contribution in [0, 0.1) is 6.92 Å². The molecule has 0 saturated carbocycles. The molecule has 1 N–H and O–H groups in total. The van der Waals surface area contributed by atoms with E-state index in [2.05, 4.69) is 10.3 Å². The fraction of sp³-hybridized carbons (Fsp3) is 0.286. The molecule has 2 heterocycles. The van der Waals surface area contributed by atoms with Crippen LogP contribution in [-0.2, 0) is 16.0 Å². The first kappa shape index (κ1) is 19.7. The van der Waals surface area contributed by atoms with E-state index in [1.165, 1.54) is 18.8 Å². The number of pyridine rings is 2. The quantitative estimate of drug-likeness (QED) is 0.634. The Morgan fingerprint density at radius 3 is 2.57 bits per heavy atom. The number of rotatable bonds is 7. The molecule has 0 unspecified atom stereocenters. The summed E-state index contributed by atoms with van der Waals surface area (Å²) in [6, 6.07) is 13.1. The molecular weight excluding hydrogens is 358 g/mol. The summed E-state index contributed by atoms with van der Waals surface area (Å²) >= 11 is 0. The predicted octanol–water partition coefficient (Wildman–Crippen LogP) is 2.10. The lowest BCUT2D eigenvalue weighted by Crippen LogP contribution is -2.38. The number of benzene rings is 1. The monoisotopic (exact) mass is 381 g/mol. The second kappa shape index (κ2) is 8.77. The lowest BCUT2D eigenvalue weighted by molar-refractivity contribution is -0.0974. The van der Waals surface area contributed by atoms with Crippen LogP contribution >= 0.6 is 0 Å². The highest BCUT2D eigenvalue weighted by molar-refractivity contribution is 5.96. The number of fused-ring (bicyclic) bond motifs is 1. The highest BCUT2D eigenvalue weighted by Crippen LogP contribution is 2.13. The Morgan fingerprint density at radius 2 is 1.89 bits per heavy atom. The number of aryl methyl sites for hydroxylation is 1. The normalized spacial score (nSPS) is 11.1. The first-order valence-electron chi connectivity index (χ1n) is 8.91. The topological polar surface area (TPSA) is 82.5 Å². The van der Waals surface area contributed by atoms with Crippen LogP contribution in [0.2, 0.25) is 0 Å². The van der Waals surface area contributed by atoms with Gasteiger partial charge in [0.25, 0.3) is 11.5 Å². The molecule has 0 saturated heterocycles. The third-order valence-corrected chi connectivity index (χ3v) is 4.51. The molecular formula is C21H23N3O4. The lowest BCUT2D eigenvalue weighted by atomic mass is 10.1. The van der Waals surface area contributed by atoms with E-state index in [0.29, 0.717) is 12.2 Å². The molecule has 0 bridgehead atoms. The Bertz CT molecular complexity index is 1020. The molecule has 7 nitrogen and oxygen atoms in total. The van der Waals surface area contributed by atoms with Crippen molar-refractivity contribution in [1.29, 1.82) is 0 Å². The van der Waals surface area contributed by atoms with Crippen molar-refractivity contribution in [2.75, 3.05) is 20.8 Å². The number of ether oxygens (including phenoxy) is 2. The number of methoxy groups -OCH3 is 2. The zero-order valence-electron chi connectivity index (χ0n) is 16.1. The summed E-state index contributed by atoms with van der Waals surface area (Å²) in [6.07, 6.45) is 1.05. The molecule has 0 aliphatic heterocycles. The molecule has 1 amide bonds. The van der Waals surface area contributed by atoms with Crippen molar-refractivity contribution in [3.05, 3.63) is 75.7 Å². The Balaban J connectivity index is 2.00. The molecule has 2 aromatic heterocycles. The average molecular weight is 381 g/mol. The Hall–Kier alpha value is -3.03. The van der Waals surface area contributed by atoms with Gasteiger partial charge in [-0.1, -0.05) is 29.8 Å². The maximum absolute atomic E-state index is 13.1. The first-order valence-corrected chi connectivity index (χ1v) is 8.91. The van der Waals surface area contributed by atoms with E-state index >= 15 is 0 Å². The maximum Gasteiger partial charge on any atom is 0.265 e. The molecule has 0 fully saturated rings. The number of nitrogens with one attached hydrogen (secondary N) is 1. The second-order valence-corrected chi connectivity index (χ2v) is 6.46. The summed E-state index contributed by atoms with van der Waals surface area (Å²) in [7, 11) is 2.97. The van der Waals surface area contributed by atoms with E-state index in [1.54, 1.807) is 18.3 Å². The van der Waals surface area contributed by atoms with Gasteiger partial charge in [-0.15, -0.1) is 0 Å². The first-order chi connectivity index (χ1) is 13.5. The molecule has 0 radical (unpaired) electrons. The van der Waals surface area contributed by atoms with E-state index in [-0.39, 0.29) is 12.1 Å². The predicted molar refractivity (Wildman–Crippen MR) is 106 cm³/mol. The van der Waals surface area contributed by atoms with Gasteiger partial charge in [0.15, 0.2) is 6.29 Å². The van der Waals surface area contributed by atoms with E-state index < -0.39 is 17.8 Å². The van der Waals surface area contributed by atoms with Crippen molar-refractivity contribution >= 4 is 16.9 Å². The molecule has 0 aliphatic carbocycles. The van der Waals surface area contributed by atoms with E-state index in [9.17, 15) is 9.59 Å². The zero-order valence-corrected chi connectivity index (χ0v) is 16.1. The fourth-order valence-corrected chi connectivity index (χ4v) is 2.93. The summed E-state index contributed by atoms with van der Waals surface area (Å²) in [6.45, 7) is 2.46. The second-order valence-electron chi connectivity index (χ2n) is 6.46. The fourth-order valence-electron chi connectivity index (χ4n) is 2.93. The summed E-state index contributed by atoms with van der Waals surface area (Å²) < 4.78 is 11.7. The van der Waals surface area contributed by atoms with Crippen LogP contribution in [0.3, 0.4) is 0 Å². The summed E-state index contributed by atoms with van der Waals surface area (Å²) in [5.74, 6) is -0.479. The Morgan fingerprint density at radius 1 is 1.18 bits per heavy atom. The maximum atomic E-state index is 13.1. The van der Waals surface area contributed by atoms with Crippen LogP contribution in [0.4, 0.5) is 0 Å². The molecule has 28 heavy (non-hydrogen) atoms. The smallest absolute Gasteiger partial charge is 0.265 e. The van der Waals surface area contributed by atoms with E-state index in [1.807, 2.05) is 37.3 Å². The number of nitrogens with zero attached hydrogens (tertiary/aromatic N) is 2. The molecule has 146 valence electrons. The highest BCUT2D eigenvalue weighted by Gasteiger charge is 2.17.